The van der Waals surface area contributed by atoms with Crippen LogP contribution in [-0.4, -0.2) is 41.3 Å². The van der Waals surface area contributed by atoms with Gasteiger partial charge in [-0.15, -0.1) is 23.7 Å². The summed E-state index contributed by atoms with van der Waals surface area (Å²) in [7, 11) is -6.27. The van der Waals surface area contributed by atoms with Crippen LogP contribution in [0.3, 0.4) is 0 Å². The van der Waals surface area contributed by atoms with Crippen LogP contribution < -0.4 is 15.2 Å². The molecule has 1 atom stereocenters. The van der Waals surface area contributed by atoms with Gasteiger partial charge in [-0.3, -0.25) is 0 Å². The van der Waals surface area contributed by atoms with Crippen molar-refractivity contribution in [1.29, 1.82) is 0 Å². The number of rotatable bonds is 6. The van der Waals surface area contributed by atoms with Crippen molar-refractivity contribution in [1.82, 2.24) is 9.62 Å². The zero-order chi connectivity index (χ0) is 19.8. The molecule has 0 aliphatic carbocycles. The van der Waals surface area contributed by atoms with E-state index in [0.29, 0.717) is 29.2 Å². The van der Waals surface area contributed by atoms with E-state index in [-0.39, 0.29) is 40.0 Å². The first-order chi connectivity index (χ1) is 12.7. The van der Waals surface area contributed by atoms with Gasteiger partial charge in [0.05, 0.1) is 7.11 Å². The van der Waals surface area contributed by atoms with E-state index >= 15 is 0 Å². The Bertz CT molecular complexity index is 1050. The molecule has 1 aromatic heterocycles. The molecule has 1 aliphatic heterocycles. The molecule has 0 bridgehead atoms. The Morgan fingerprint density at radius 2 is 2.07 bits per heavy atom. The Kier molecular flexibility index (Phi) is 7.13. The number of likely N-dealkylation sites (N-methyl/N-ethyl adjacent to an activating group) is 1. The summed E-state index contributed by atoms with van der Waals surface area (Å²) < 4.78 is 56.0. The number of halogens is 1. The molecule has 0 unspecified atom stereocenters. The summed E-state index contributed by atoms with van der Waals surface area (Å²) in [4.78, 5) is 0. The van der Waals surface area contributed by atoms with E-state index in [4.69, 9.17) is 9.88 Å². The zero-order valence-electron chi connectivity index (χ0n) is 15.3. The lowest BCUT2D eigenvalue weighted by Gasteiger charge is -2.32. The third-order valence-electron chi connectivity index (χ3n) is 4.26. The highest BCUT2D eigenvalue weighted by molar-refractivity contribution is 7.94. The van der Waals surface area contributed by atoms with Gasteiger partial charge in [0.2, 0.25) is 10.0 Å². The van der Waals surface area contributed by atoms with Crippen LogP contribution in [-0.2, 0) is 26.6 Å². The molecule has 2 aromatic rings. The molecule has 156 valence electrons. The minimum Gasteiger partial charge on any atom is -0.497 e. The number of hydrogen-bond acceptors (Lipinski definition) is 7. The van der Waals surface area contributed by atoms with Crippen molar-refractivity contribution < 1.29 is 21.6 Å². The normalized spacial score (nSPS) is 18.9. The Morgan fingerprint density at radius 1 is 1.36 bits per heavy atom. The van der Waals surface area contributed by atoms with Crippen molar-refractivity contribution in [3.63, 3.8) is 0 Å². The van der Waals surface area contributed by atoms with Crippen molar-refractivity contribution in [2.24, 2.45) is 5.14 Å². The van der Waals surface area contributed by atoms with E-state index in [1.54, 1.807) is 25.3 Å². The lowest BCUT2D eigenvalue weighted by molar-refractivity contribution is 0.338. The first kappa shape index (κ1) is 23.1. The van der Waals surface area contributed by atoms with E-state index in [1.165, 1.54) is 10.4 Å². The molecular weight excluding hydrogens is 446 g/mol. The van der Waals surface area contributed by atoms with E-state index < -0.39 is 20.0 Å². The van der Waals surface area contributed by atoms with E-state index in [0.717, 1.165) is 5.56 Å². The summed E-state index contributed by atoms with van der Waals surface area (Å²) in [6, 6.07) is 8.22. The molecule has 0 saturated carbocycles. The Hall–Kier alpha value is -1.21. The molecule has 8 nitrogen and oxygen atoms in total. The van der Waals surface area contributed by atoms with Crippen molar-refractivity contribution in [3.8, 4) is 5.75 Å². The molecule has 1 aromatic carbocycles. The highest BCUT2D eigenvalue weighted by Gasteiger charge is 2.39. The van der Waals surface area contributed by atoms with Crippen LogP contribution in [0.4, 0.5) is 0 Å². The second-order valence-electron chi connectivity index (χ2n) is 6.11. The summed E-state index contributed by atoms with van der Waals surface area (Å²) in [6.45, 7) is 2.87. The number of primary sulfonamides is 1. The second-order valence-corrected chi connectivity index (χ2v) is 11.1. The van der Waals surface area contributed by atoms with Crippen molar-refractivity contribution in [2.45, 2.75) is 27.9 Å². The van der Waals surface area contributed by atoms with Crippen LogP contribution in [0.15, 0.2) is 38.8 Å². The van der Waals surface area contributed by atoms with Crippen molar-refractivity contribution in [2.75, 3.05) is 20.2 Å². The molecule has 3 rings (SSSR count). The Morgan fingerprint density at radius 3 is 2.68 bits per heavy atom. The van der Waals surface area contributed by atoms with Gasteiger partial charge in [0.25, 0.3) is 10.0 Å². The standard InChI is InChI=1S/C16H21N3O5S3.ClH/c1-3-18-14-10-19(9-11-5-4-6-12(7-11)24-2)27(22,23)16-13(14)8-15(25-16)26(17,20)21;/h4-8,14,18H,3,9-10H2,1-2H3,(H2,17,20,21);1H/t14-;/m0./s1. The summed E-state index contributed by atoms with van der Waals surface area (Å²) in [5.41, 5.74) is 1.23. The van der Waals surface area contributed by atoms with Crippen LogP contribution in [0, 0.1) is 0 Å². The highest BCUT2D eigenvalue weighted by Crippen LogP contribution is 2.40. The molecule has 0 saturated heterocycles. The number of methoxy groups -OCH3 is 1. The summed E-state index contributed by atoms with van der Waals surface area (Å²) in [5, 5.41) is 8.43. The number of hydrogen-bond donors (Lipinski definition) is 2. The van der Waals surface area contributed by atoms with Gasteiger partial charge >= 0.3 is 0 Å². The number of nitrogens with two attached hydrogens (primary N) is 1. The topological polar surface area (TPSA) is 119 Å². The average Bonchev–Trinajstić information content (AvgIpc) is 3.07. The quantitative estimate of drug-likeness (QED) is 0.667. The van der Waals surface area contributed by atoms with Crippen LogP contribution in [0.5, 0.6) is 5.75 Å². The Labute approximate surface area is 175 Å². The molecule has 28 heavy (non-hydrogen) atoms. The fraction of sp³-hybridized carbons (Fsp3) is 0.375. The number of thiophene rings is 1. The number of nitrogens with one attached hydrogen (secondary N) is 1. The van der Waals surface area contributed by atoms with Crippen LogP contribution >= 0.6 is 23.7 Å². The summed E-state index contributed by atoms with van der Waals surface area (Å²) >= 11 is 0.694. The summed E-state index contributed by atoms with van der Waals surface area (Å²) in [5.74, 6) is 0.637. The maximum absolute atomic E-state index is 13.1. The van der Waals surface area contributed by atoms with E-state index in [2.05, 4.69) is 5.32 Å². The lowest BCUT2D eigenvalue weighted by Crippen LogP contribution is -2.42. The summed E-state index contributed by atoms with van der Waals surface area (Å²) in [6.07, 6.45) is 0. The monoisotopic (exact) mass is 467 g/mol. The van der Waals surface area contributed by atoms with Crippen molar-refractivity contribution >= 4 is 43.8 Å². The molecule has 2 heterocycles. The molecular formula is C16H22ClN3O5S3. The third-order valence-corrected chi connectivity index (χ3v) is 9.17. The number of nitrogens with zero attached hydrogens (tertiary/aromatic N) is 1. The van der Waals surface area contributed by atoms with Crippen molar-refractivity contribution in [3.05, 3.63) is 41.5 Å². The molecule has 12 heteroatoms. The third kappa shape index (κ3) is 4.51. The largest absolute Gasteiger partial charge is 0.497 e. The molecule has 0 spiro atoms. The van der Waals surface area contributed by atoms with Crippen LogP contribution in [0.25, 0.3) is 0 Å². The molecule has 0 fully saturated rings. The molecule has 0 radical (unpaired) electrons. The van der Waals surface area contributed by atoms with Gasteiger partial charge in [-0.1, -0.05) is 19.1 Å². The maximum atomic E-state index is 13.1. The number of fused-ring (bicyclic) bond motifs is 1. The van der Waals surface area contributed by atoms with Crippen LogP contribution in [0.2, 0.25) is 0 Å². The molecule has 0 amide bonds. The zero-order valence-corrected chi connectivity index (χ0v) is 18.6. The first-order valence-corrected chi connectivity index (χ1v) is 12.0. The van der Waals surface area contributed by atoms with Crippen LogP contribution in [0.1, 0.15) is 24.1 Å². The number of ether oxygens (including phenoxy) is 1. The van der Waals surface area contributed by atoms with Gasteiger partial charge in [-0.25, -0.2) is 22.0 Å². The number of sulfonamides is 2. The second kappa shape index (κ2) is 8.66. The fourth-order valence-corrected chi connectivity index (χ4v) is 7.27. The van der Waals surface area contributed by atoms with Gasteiger partial charge in [0, 0.05) is 24.7 Å². The minimum absolute atomic E-state index is 0. The number of benzene rings is 1. The molecule has 3 N–H and O–H groups in total. The van der Waals surface area contributed by atoms with Gasteiger partial charge < -0.3 is 10.1 Å². The van der Waals surface area contributed by atoms with Gasteiger partial charge in [0.1, 0.15) is 14.2 Å². The molecule has 1 aliphatic rings. The fourth-order valence-electron chi connectivity index (χ4n) is 3.01. The van der Waals surface area contributed by atoms with Gasteiger partial charge in [0.15, 0.2) is 0 Å². The maximum Gasteiger partial charge on any atom is 0.253 e. The lowest BCUT2D eigenvalue weighted by atomic mass is 10.1. The smallest absolute Gasteiger partial charge is 0.253 e. The Balaban J connectivity index is 0.00000280. The average molecular weight is 468 g/mol. The highest BCUT2D eigenvalue weighted by atomic mass is 35.5. The van der Waals surface area contributed by atoms with Gasteiger partial charge in [-0.05, 0) is 30.3 Å². The van der Waals surface area contributed by atoms with E-state index in [1.807, 2.05) is 13.0 Å². The predicted molar refractivity (Wildman–Crippen MR) is 110 cm³/mol. The predicted octanol–water partition coefficient (Wildman–Crippen LogP) is 1.68. The SMILES string of the molecule is CCN[C@H]1CN(Cc2cccc(OC)c2)S(=O)(=O)c2sc(S(N)(=O)=O)cc21.Cl. The first-order valence-electron chi connectivity index (χ1n) is 8.19. The van der Waals surface area contributed by atoms with E-state index in [9.17, 15) is 16.8 Å². The van der Waals surface area contributed by atoms with Gasteiger partial charge in [-0.2, -0.15) is 4.31 Å². The minimum atomic E-state index is -3.98.